The van der Waals surface area contributed by atoms with Crippen molar-refractivity contribution in [2.45, 2.75) is 52.5 Å². The molecule has 3 heteroatoms. The van der Waals surface area contributed by atoms with Gasteiger partial charge in [0.15, 0.2) is 0 Å². The van der Waals surface area contributed by atoms with Crippen molar-refractivity contribution >= 4 is 5.91 Å². The Balaban J connectivity index is 2.12. The number of piperidine rings is 1. The highest BCUT2D eigenvalue weighted by atomic mass is 16.2. The number of rotatable bonds is 2. The molecule has 2 aliphatic rings. The van der Waals surface area contributed by atoms with E-state index in [0.717, 1.165) is 32.5 Å². The van der Waals surface area contributed by atoms with Gasteiger partial charge in [0.2, 0.25) is 5.91 Å². The first-order chi connectivity index (χ1) is 8.10. The maximum atomic E-state index is 12.8. The first-order valence-corrected chi connectivity index (χ1v) is 7.12. The largest absolute Gasteiger partial charge is 0.339 e. The van der Waals surface area contributed by atoms with Crippen LogP contribution in [0.1, 0.15) is 46.5 Å². The van der Waals surface area contributed by atoms with Gasteiger partial charge < -0.3 is 10.2 Å². The predicted molar refractivity (Wildman–Crippen MR) is 69.8 cm³/mol. The molecule has 2 aliphatic heterocycles. The maximum absolute atomic E-state index is 12.8. The number of carbonyl (C=O) groups is 1. The number of amides is 1. The number of nitrogens with zero attached hydrogens (tertiary/aromatic N) is 1. The number of hydrogen-bond acceptors (Lipinski definition) is 2. The van der Waals surface area contributed by atoms with Crippen LogP contribution in [-0.2, 0) is 4.79 Å². The van der Waals surface area contributed by atoms with E-state index in [1.807, 2.05) is 0 Å². The van der Waals surface area contributed by atoms with Crippen LogP contribution in [0.4, 0.5) is 0 Å². The summed E-state index contributed by atoms with van der Waals surface area (Å²) in [6.07, 6.45) is 4.42. The van der Waals surface area contributed by atoms with Crippen molar-refractivity contribution in [3.63, 3.8) is 0 Å². The summed E-state index contributed by atoms with van der Waals surface area (Å²) in [6.45, 7) is 9.48. The highest BCUT2D eigenvalue weighted by Crippen LogP contribution is 2.35. The molecule has 0 aromatic carbocycles. The number of hydrogen-bond donors (Lipinski definition) is 1. The molecule has 0 aliphatic carbocycles. The summed E-state index contributed by atoms with van der Waals surface area (Å²) in [5, 5.41) is 3.36. The standard InChI is InChI=1S/C14H26N2O/c1-4-14(7-8-15-10-14)13(17)16-9-5-6-11(2)12(16)3/h11-12,15H,4-10H2,1-3H3. The van der Waals surface area contributed by atoms with Crippen molar-refractivity contribution in [1.82, 2.24) is 10.2 Å². The topological polar surface area (TPSA) is 32.3 Å². The number of likely N-dealkylation sites (tertiary alicyclic amines) is 1. The first kappa shape index (κ1) is 12.9. The van der Waals surface area contributed by atoms with E-state index >= 15 is 0 Å². The van der Waals surface area contributed by atoms with Crippen LogP contribution >= 0.6 is 0 Å². The van der Waals surface area contributed by atoms with Crippen molar-refractivity contribution < 1.29 is 4.79 Å². The molecular formula is C14H26N2O. The van der Waals surface area contributed by atoms with E-state index in [9.17, 15) is 4.79 Å². The third-order valence-corrected chi connectivity index (χ3v) is 5.01. The van der Waals surface area contributed by atoms with Gasteiger partial charge in [-0.3, -0.25) is 4.79 Å². The molecule has 3 atom stereocenters. The molecule has 0 saturated carbocycles. The zero-order chi connectivity index (χ0) is 12.5. The Morgan fingerprint density at radius 1 is 1.47 bits per heavy atom. The van der Waals surface area contributed by atoms with E-state index in [0.29, 0.717) is 17.9 Å². The third kappa shape index (κ3) is 2.22. The Bertz CT molecular complexity index is 284. The second-order valence-corrected chi connectivity index (χ2v) is 5.92. The van der Waals surface area contributed by atoms with Gasteiger partial charge in [-0.05, 0) is 45.1 Å². The van der Waals surface area contributed by atoms with Crippen molar-refractivity contribution in [1.29, 1.82) is 0 Å². The Kier molecular flexibility index (Phi) is 3.76. The fraction of sp³-hybridized carbons (Fsp3) is 0.929. The maximum Gasteiger partial charge on any atom is 0.230 e. The second kappa shape index (κ2) is 4.97. The zero-order valence-electron chi connectivity index (χ0n) is 11.5. The average molecular weight is 238 g/mol. The predicted octanol–water partition coefficient (Wildman–Crippen LogP) is 2.02. The fourth-order valence-electron chi connectivity index (χ4n) is 3.31. The molecule has 0 bridgehead atoms. The lowest BCUT2D eigenvalue weighted by molar-refractivity contribution is -0.146. The van der Waals surface area contributed by atoms with Crippen LogP contribution in [0.25, 0.3) is 0 Å². The number of nitrogens with one attached hydrogen (secondary N) is 1. The van der Waals surface area contributed by atoms with Crippen LogP contribution in [0.3, 0.4) is 0 Å². The lowest BCUT2D eigenvalue weighted by atomic mass is 9.80. The van der Waals surface area contributed by atoms with Gasteiger partial charge in [-0.2, -0.15) is 0 Å². The van der Waals surface area contributed by atoms with Crippen molar-refractivity contribution in [2.24, 2.45) is 11.3 Å². The normalized spacial score (nSPS) is 38.4. The summed E-state index contributed by atoms with van der Waals surface area (Å²) in [5.41, 5.74) is -0.106. The molecule has 1 amide bonds. The van der Waals surface area contributed by atoms with E-state index in [2.05, 4.69) is 31.0 Å². The first-order valence-electron chi connectivity index (χ1n) is 7.12. The Morgan fingerprint density at radius 2 is 2.24 bits per heavy atom. The molecule has 17 heavy (non-hydrogen) atoms. The molecule has 1 N–H and O–H groups in total. The lowest BCUT2D eigenvalue weighted by Crippen LogP contribution is -2.52. The Labute approximate surface area is 105 Å². The monoisotopic (exact) mass is 238 g/mol. The van der Waals surface area contributed by atoms with Gasteiger partial charge >= 0.3 is 0 Å². The molecule has 2 fully saturated rings. The fourth-order valence-corrected chi connectivity index (χ4v) is 3.31. The molecule has 2 saturated heterocycles. The van der Waals surface area contributed by atoms with Gasteiger partial charge in [0, 0.05) is 19.1 Å². The summed E-state index contributed by atoms with van der Waals surface area (Å²) in [5.74, 6) is 1.06. The van der Waals surface area contributed by atoms with E-state index < -0.39 is 0 Å². The summed E-state index contributed by atoms with van der Waals surface area (Å²) >= 11 is 0. The lowest BCUT2D eigenvalue weighted by Gasteiger charge is -2.42. The molecule has 98 valence electrons. The second-order valence-electron chi connectivity index (χ2n) is 5.92. The molecule has 2 rings (SSSR count). The van der Waals surface area contributed by atoms with Crippen LogP contribution < -0.4 is 5.32 Å². The Hall–Kier alpha value is -0.570. The minimum atomic E-state index is -0.106. The van der Waals surface area contributed by atoms with Crippen LogP contribution in [-0.4, -0.2) is 36.5 Å². The minimum absolute atomic E-state index is 0.106. The molecular weight excluding hydrogens is 212 g/mol. The zero-order valence-corrected chi connectivity index (χ0v) is 11.5. The molecule has 0 radical (unpaired) electrons. The molecule has 0 spiro atoms. The molecule has 3 nitrogen and oxygen atoms in total. The van der Waals surface area contributed by atoms with Gasteiger partial charge in [0.1, 0.15) is 0 Å². The average Bonchev–Trinajstić information content (AvgIpc) is 2.82. The van der Waals surface area contributed by atoms with E-state index in [1.165, 1.54) is 12.8 Å². The smallest absolute Gasteiger partial charge is 0.230 e. The summed E-state index contributed by atoms with van der Waals surface area (Å²) in [4.78, 5) is 15.0. The summed E-state index contributed by atoms with van der Waals surface area (Å²) < 4.78 is 0. The van der Waals surface area contributed by atoms with Crippen LogP contribution in [0, 0.1) is 11.3 Å². The molecule has 0 aromatic rings. The highest BCUT2D eigenvalue weighted by Gasteiger charge is 2.44. The third-order valence-electron chi connectivity index (χ3n) is 5.01. The molecule has 0 aromatic heterocycles. The van der Waals surface area contributed by atoms with E-state index in [1.54, 1.807) is 0 Å². The quantitative estimate of drug-likeness (QED) is 0.798. The molecule has 3 unspecified atom stereocenters. The number of carbonyl (C=O) groups excluding carboxylic acids is 1. The summed E-state index contributed by atoms with van der Waals surface area (Å²) in [7, 11) is 0. The summed E-state index contributed by atoms with van der Waals surface area (Å²) in [6, 6.07) is 0.417. The van der Waals surface area contributed by atoms with Gasteiger partial charge in [-0.1, -0.05) is 13.8 Å². The van der Waals surface area contributed by atoms with E-state index in [4.69, 9.17) is 0 Å². The van der Waals surface area contributed by atoms with Crippen LogP contribution in [0.15, 0.2) is 0 Å². The SMILES string of the molecule is CCC1(C(=O)N2CCCC(C)C2C)CCNC1. The minimum Gasteiger partial charge on any atom is -0.339 e. The Morgan fingerprint density at radius 3 is 2.82 bits per heavy atom. The van der Waals surface area contributed by atoms with Crippen LogP contribution in [0.5, 0.6) is 0 Å². The van der Waals surface area contributed by atoms with Gasteiger partial charge in [-0.25, -0.2) is 0 Å². The van der Waals surface area contributed by atoms with Crippen molar-refractivity contribution in [3.05, 3.63) is 0 Å². The van der Waals surface area contributed by atoms with Crippen molar-refractivity contribution in [2.75, 3.05) is 19.6 Å². The van der Waals surface area contributed by atoms with Crippen molar-refractivity contribution in [3.8, 4) is 0 Å². The van der Waals surface area contributed by atoms with Gasteiger partial charge in [0.25, 0.3) is 0 Å². The van der Waals surface area contributed by atoms with Gasteiger partial charge in [0.05, 0.1) is 5.41 Å². The van der Waals surface area contributed by atoms with Gasteiger partial charge in [-0.15, -0.1) is 0 Å². The van der Waals surface area contributed by atoms with Crippen LogP contribution in [0.2, 0.25) is 0 Å². The van der Waals surface area contributed by atoms with E-state index in [-0.39, 0.29) is 5.41 Å². The molecule has 2 heterocycles. The highest BCUT2D eigenvalue weighted by molar-refractivity contribution is 5.83.